The molecule has 5 nitrogen and oxygen atoms in total. The monoisotopic (exact) mass is 376 g/mol. The lowest BCUT2D eigenvalue weighted by molar-refractivity contribution is -0.148. The summed E-state index contributed by atoms with van der Waals surface area (Å²) in [5, 5.41) is 13.9. The van der Waals surface area contributed by atoms with Gasteiger partial charge in [-0.1, -0.05) is 24.3 Å². The number of hydrogen-bond acceptors (Lipinski definition) is 3. The van der Waals surface area contributed by atoms with E-state index in [2.05, 4.69) is 5.32 Å². The number of rotatable bonds is 4. The van der Waals surface area contributed by atoms with Crippen LogP contribution in [0.4, 0.5) is 14.5 Å². The third-order valence-electron chi connectivity index (χ3n) is 5.51. The van der Waals surface area contributed by atoms with Gasteiger partial charge in [0.15, 0.2) is 0 Å². The summed E-state index contributed by atoms with van der Waals surface area (Å²) in [6.07, 6.45) is -0.699. The van der Waals surface area contributed by atoms with Gasteiger partial charge in [0.1, 0.15) is 5.54 Å². The van der Waals surface area contributed by atoms with Crippen LogP contribution in [0.15, 0.2) is 36.4 Å². The summed E-state index contributed by atoms with van der Waals surface area (Å²) < 4.78 is 26.9. The molecule has 1 aliphatic rings. The van der Waals surface area contributed by atoms with E-state index in [1.165, 1.54) is 6.92 Å². The number of carbonyl (C=O) groups is 2. The first-order valence-corrected chi connectivity index (χ1v) is 8.84. The molecule has 27 heavy (non-hydrogen) atoms. The number of hydrogen-bond donors (Lipinski definition) is 3. The second kappa shape index (κ2) is 6.79. The van der Waals surface area contributed by atoms with E-state index in [0.29, 0.717) is 0 Å². The Kier molecular flexibility index (Phi) is 4.80. The highest BCUT2D eigenvalue weighted by Crippen LogP contribution is 2.41. The van der Waals surface area contributed by atoms with E-state index in [0.717, 1.165) is 10.8 Å². The lowest BCUT2D eigenvalue weighted by atomic mass is 9.74. The van der Waals surface area contributed by atoms with Gasteiger partial charge < -0.3 is 16.2 Å². The van der Waals surface area contributed by atoms with Crippen molar-refractivity contribution in [1.82, 2.24) is 5.32 Å². The average Bonchev–Trinajstić information content (AvgIpc) is 2.60. The van der Waals surface area contributed by atoms with E-state index in [4.69, 9.17) is 5.73 Å². The molecule has 1 fully saturated rings. The van der Waals surface area contributed by atoms with Gasteiger partial charge in [-0.25, -0.2) is 13.6 Å². The van der Waals surface area contributed by atoms with Gasteiger partial charge in [0.25, 0.3) is 5.91 Å². The quantitative estimate of drug-likeness (QED) is 0.707. The molecule has 7 heteroatoms. The Balaban J connectivity index is 1.88. The Morgan fingerprint density at radius 2 is 1.74 bits per heavy atom. The number of nitrogen functional groups attached to an aromatic ring is 1. The summed E-state index contributed by atoms with van der Waals surface area (Å²) in [6.45, 7) is 1.37. The van der Waals surface area contributed by atoms with Crippen LogP contribution < -0.4 is 11.1 Å². The van der Waals surface area contributed by atoms with E-state index >= 15 is 0 Å². The van der Waals surface area contributed by atoms with Gasteiger partial charge in [0.2, 0.25) is 5.92 Å². The molecule has 0 bridgehead atoms. The number of anilines is 1. The number of fused-ring (bicyclic) bond motifs is 1. The van der Waals surface area contributed by atoms with Gasteiger partial charge in [0.05, 0.1) is 5.56 Å². The average molecular weight is 376 g/mol. The second-order valence-electron chi connectivity index (χ2n) is 7.38. The fourth-order valence-corrected chi connectivity index (χ4v) is 3.71. The number of halogens is 2. The van der Waals surface area contributed by atoms with Crippen molar-refractivity contribution in [3.8, 4) is 0 Å². The van der Waals surface area contributed by atoms with Crippen molar-refractivity contribution in [3.05, 3.63) is 42.0 Å². The van der Waals surface area contributed by atoms with E-state index in [1.54, 1.807) is 12.1 Å². The second-order valence-corrected chi connectivity index (χ2v) is 7.38. The van der Waals surface area contributed by atoms with Gasteiger partial charge in [0, 0.05) is 18.5 Å². The summed E-state index contributed by atoms with van der Waals surface area (Å²) in [5.41, 5.74) is 4.74. The maximum absolute atomic E-state index is 13.4. The van der Waals surface area contributed by atoms with Crippen molar-refractivity contribution < 1.29 is 23.5 Å². The zero-order valence-corrected chi connectivity index (χ0v) is 15.0. The number of amides is 1. The highest BCUT2D eigenvalue weighted by Gasteiger charge is 2.47. The molecule has 0 aliphatic heterocycles. The van der Waals surface area contributed by atoms with E-state index in [-0.39, 0.29) is 36.9 Å². The van der Waals surface area contributed by atoms with Crippen LogP contribution in [-0.2, 0) is 4.79 Å². The van der Waals surface area contributed by atoms with Crippen molar-refractivity contribution in [1.29, 1.82) is 0 Å². The number of nitrogens with two attached hydrogens (primary N) is 1. The molecule has 1 saturated carbocycles. The zero-order valence-electron chi connectivity index (χ0n) is 15.0. The van der Waals surface area contributed by atoms with Crippen molar-refractivity contribution in [2.45, 2.75) is 44.1 Å². The first-order chi connectivity index (χ1) is 12.6. The summed E-state index contributed by atoms with van der Waals surface area (Å²) >= 11 is 0. The van der Waals surface area contributed by atoms with Crippen LogP contribution in [-0.4, -0.2) is 28.4 Å². The summed E-state index contributed by atoms with van der Waals surface area (Å²) in [5.74, 6) is -5.23. The highest BCUT2D eigenvalue weighted by atomic mass is 19.3. The van der Waals surface area contributed by atoms with E-state index in [9.17, 15) is 23.5 Å². The lowest BCUT2D eigenvalue weighted by Gasteiger charge is -2.39. The highest BCUT2D eigenvalue weighted by molar-refractivity contribution is 6.05. The minimum absolute atomic E-state index is 0.0310. The van der Waals surface area contributed by atoms with Crippen molar-refractivity contribution in [2.75, 3.05) is 5.73 Å². The topological polar surface area (TPSA) is 92.4 Å². The van der Waals surface area contributed by atoms with Gasteiger partial charge >= 0.3 is 5.97 Å². The normalized spacial score (nSPS) is 19.4. The van der Waals surface area contributed by atoms with Crippen molar-refractivity contribution in [3.63, 3.8) is 0 Å². The number of carboxylic acid groups (broad SMARTS) is 1. The Labute approximate surface area is 155 Å². The number of carboxylic acids is 1. The minimum atomic E-state index is -2.78. The van der Waals surface area contributed by atoms with Crippen LogP contribution in [0.2, 0.25) is 0 Å². The molecule has 0 aromatic heterocycles. The fourth-order valence-electron chi connectivity index (χ4n) is 3.71. The van der Waals surface area contributed by atoms with Gasteiger partial charge in [-0.3, -0.25) is 4.79 Å². The number of carbonyl (C=O) groups excluding carboxylic acids is 1. The molecule has 3 rings (SSSR count). The predicted molar refractivity (Wildman–Crippen MR) is 98.8 cm³/mol. The van der Waals surface area contributed by atoms with Crippen molar-refractivity contribution in [2.24, 2.45) is 5.92 Å². The molecule has 4 N–H and O–H groups in total. The molecule has 144 valence electrons. The molecule has 0 radical (unpaired) electrons. The summed E-state index contributed by atoms with van der Waals surface area (Å²) in [4.78, 5) is 24.7. The third kappa shape index (κ3) is 3.72. The number of aliphatic carboxylic acids is 1. The number of benzene rings is 2. The zero-order chi connectivity index (χ0) is 19.8. The summed E-state index contributed by atoms with van der Waals surface area (Å²) in [7, 11) is 0. The van der Waals surface area contributed by atoms with Gasteiger partial charge in [-0.15, -0.1) is 0 Å². The molecular weight excluding hydrogens is 354 g/mol. The van der Waals surface area contributed by atoms with Crippen LogP contribution in [0.5, 0.6) is 0 Å². The lowest BCUT2D eigenvalue weighted by Crippen LogP contribution is -2.58. The van der Waals surface area contributed by atoms with Crippen LogP contribution in [0, 0.1) is 5.92 Å². The smallest absolute Gasteiger partial charge is 0.329 e. The molecule has 0 saturated heterocycles. The van der Waals surface area contributed by atoms with Crippen LogP contribution >= 0.6 is 0 Å². The molecule has 1 atom stereocenters. The number of nitrogens with one attached hydrogen (secondary N) is 1. The Morgan fingerprint density at radius 1 is 1.19 bits per heavy atom. The van der Waals surface area contributed by atoms with Crippen LogP contribution in [0.1, 0.15) is 43.0 Å². The molecular formula is C20H22F2N2O3. The molecule has 1 amide bonds. The van der Waals surface area contributed by atoms with Crippen LogP contribution in [0.25, 0.3) is 10.8 Å². The maximum atomic E-state index is 13.4. The largest absolute Gasteiger partial charge is 0.480 e. The molecule has 0 heterocycles. The summed E-state index contributed by atoms with van der Waals surface area (Å²) in [6, 6.07) is 10.6. The molecule has 0 spiro atoms. The molecule has 0 unspecified atom stereocenters. The molecule has 2 aromatic carbocycles. The Hall–Kier alpha value is -2.70. The van der Waals surface area contributed by atoms with E-state index in [1.807, 2.05) is 24.3 Å². The Bertz CT molecular complexity index is 890. The molecule has 2 aromatic rings. The van der Waals surface area contributed by atoms with Gasteiger partial charge in [-0.2, -0.15) is 0 Å². The van der Waals surface area contributed by atoms with Gasteiger partial charge in [-0.05, 0) is 48.6 Å². The minimum Gasteiger partial charge on any atom is -0.480 e. The standard InChI is InChI=1S/C20H22F2N2O3/c1-19(18(26)27,14-6-8-20(21,22)9-7-14)24-17(25)15-10-12-4-2-3-5-13(12)11-16(15)23/h2-5,10-11,14H,6-9,23H2,1H3,(H,24,25)(H,26,27)/t19-/m0/s1. The SMILES string of the molecule is C[C@@](NC(=O)c1cc2ccccc2cc1N)(C(=O)O)C1CCC(F)(F)CC1. The first-order valence-electron chi connectivity index (χ1n) is 8.84. The molecule has 1 aliphatic carbocycles. The van der Waals surface area contributed by atoms with Crippen molar-refractivity contribution >= 4 is 28.3 Å². The van der Waals surface area contributed by atoms with Crippen LogP contribution in [0.3, 0.4) is 0 Å². The number of alkyl halides is 2. The fraction of sp³-hybridized carbons (Fsp3) is 0.400. The first kappa shape index (κ1) is 19.1. The maximum Gasteiger partial charge on any atom is 0.329 e. The Morgan fingerprint density at radius 3 is 2.30 bits per heavy atom. The predicted octanol–water partition coefficient (Wildman–Crippen LogP) is 3.82. The van der Waals surface area contributed by atoms with E-state index < -0.39 is 29.3 Å². The third-order valence-corrected chi connectivity index (χ3v) is 5.51.